The van der Waals surface area contributed by atoms with E-state index in [9.17, 15) is 5.21 Å². The Morgan fingerprint density at radius 2 is 1.85 bits per heavy atom. The van der Waals surface area contributed by atoms with E-state index in [-0.39, 0.29) is 0 Å². The third-order valence-corrected chi connectivity index (χ3v) is 3.99. The summed E-state index contributed by atoms with van der Waals surface area (Å²) in [6.07, 6.45) is 1.59. The number of anilines is 2. The zero-order chi connectivity index (χ0) is 14.1. The van der Waals surface area contributed by atoms with E-state index in [1.807, 2.05) is 12.1 Å². The van der Waals surface area contributed by atoms with Gasteiger partial charge in [0.05, 0.1) is 5.69 Å². The van der Waals surface area contributed by atoms with Crippen LogP contribution in [0.5, 0.6) is 0 Å². The first-order valence-electron chi connectivity index (χ1n) is 6.23. The fourth-order valence-electron chi connectivity index (χ4n) is 2.07. The Labute approximate surface area is 121 Å². The topological polar surface area (TPSA) is 63.2 Å². The molecule has 0 spiro atoms. The minimum absolute atomic E-state index is 0.652. The van der Waals surface area contributed by atoms with Gasteiger partial charge >= 0.3 is 0 Å². The normalized spacial score (nSPS) is 10.8. The van der Waals surface area contributed by atoms with E-state index in [4.69, 9.17) is 5.73 Å². The van der Waals surface area contributed by atoms with Gasteiger partial charge in [-0.15, -0.1) is 0 Å². The van der Waals surface area contributed by atoms with E-state index in [1.165, 1.54) is 17.5 Å². The van der Waals surface area contributed by atoms with Crippen LogP contribution in [0.2, 0.25) is 0 Å². The van der Waals surface area contributed by atoms with Gasteiger partial charge in [0, 0.05) is 22.2 Å². The zero-order valence-corrected chi connectivity index (χ0v) is 11.8. The van der Waals surface area contributed by atoms with Crippen LogP contribution in [0.15, 0.2) is 53.6 Å². The second kappa shape index (κ2) is 5.02. The summed E-state index contributed by atoms with van der Waals surface area (Å²) >= 11 is 1.50. The fourth-order valence-corrected chi connectivity index (χ4v) is 2.73. The number of fused-ring (bicyclic) bond motifs is 1. The van der Waals surface area contributed by atoms with Crippen molar-refractivity contribution in [2.24, 2.45) is 0 Å². The van der Waals surface area contributed by atoms with E-state index >= 15 is 0 Å². The Hall–Kier alpha value is -2.27. The summed E-state index contributed by atoms with van der Waals surface area (Å²) in [4.78, 5) is 1.11. The first-order valence-corrected chi connectivity index (χ1v) is 7.05. The molecule has 0 saturated heterocycles. The highest BCUT2D eigenvalue weighted by Crippen LogP contribution is 2.31. The molecule has 3 aromatic rings. The third-order valence-electron chi connectivity index (χ3n) is 3.16. The summed E-state index contributed by atoms with van der Waals surface area (Å²) in [7, 11) is 0. The molecule has 102 valence electrons. The maximum absolute atomic E-state index is 9.86. The molecule has 1 aromatic heterocycles. The Morgan fingerprint density at radius 1 is 1.10 bits per heavy atom. The van der Waals surface area contributed by atoms with Crippen molar-refractivity contribution in [3.63, 3.8) is 0 Å². The van der Waals surface area contributed by atoms with Crippen LogP contribution in [-0.2, 0) is 0 Å². The lowest BCUT2D eigenvalue weighted by Crippen LogP contribution is -1.95. The van der Waals surface area contributed by atoms with Crippen LogP contribution in [0.4, 0.5) is 11.4 Å². The van der Waals surface area contributed by atoms with E-state index in [1.54, 1.807) is 12.3 Å². The summed E-state index contributed by atoms with van der Waals surface area (Å²) in [5.41, 5.74) is 9.30. The Morgan fingerprint density at radius 3 is 2.60 bits per heavy atom. The molecule has 0 radical (unpaired) electrons. The van der Waals surface area contributed by atoms with Gasteiger partial charge in [0.1, 0.15) is 5.52 Å². The molecule has 5 heteroatoms. The van der Waals surface area contributed by atoms with Crippen LogP contribution in [0.1, 0.15) is 5.56 Å². The van der Waals surface area contributed by atoms with E-state index in [2.05, 4.69) is 35.9 Å². The van der Waals surface area contributed by atoms with Crippen LogP contribution >= 0.6 is 11.9 Å². The molecule has 20 heavy (non-hydrogen) atoms. The predicted molar refractivity (Wildman–Crippen MR) is 84.2 cm³/mol. The second-order valence-electron chi connectivity index (χ2n) is 4.64. The highest BCUT2D eigenvalue weighted by atomic mass is 32.2. The molecule has 0 aliphatic heterocycles. The lowest BCUT2D eigenvalue weighted by molar-refractivity contribution is 0.200. The summed E-state index contributed by atoms with van der Waals surface area (Å²) in [6, 6.07) is 13.7. The first-order chi connectivity index (χ1) is 9.65. The smallest absolute Gasteiger partial charge is 0.113 e. The SMILES string of the molecule is Cc1ccc(SNc2ccc(N)c3ccn(O)c23)cc1. The average Bonchev–Trinajstić information content (AvgIpc) is 2.84. The number of nitrogen functional groups attached to an aromatic ring is 1. The number of benzene rings is 2. The molecule has 0 fully saturated rings. The monoisotopic (exact) mass is 285 g/mol. The van der Waals surface area contributed by atoms with Gasteiger partial charge in [-0.1, -0.05) is 17.7 Å². The van der Waals surface area contributed by atoms with Gasteiger partial charge in [-0.2, -0.15) is 4.73 Å². The highest BCUT2D eigenvalue weighted by Gasteiger charge is 2.09. The average molecular weight is 285 g/mol. The van der Waals surface area contributed by atoms with E-state index in [0.717, 1.165) is 20.7 Å². The molecule has 0 unspecified atom stereocenters. The number of rotatable bonds is 3. The third kappa shape index (κ3) is 2.28. The van der Waals surface area contributed by atoms with Gasteiger partial charge in [-0.25, -0.2) is 0 Å². The van der Waals surface area contributed by atoms with Gasteiger partial charge in [0.25, 0.3) is 0 Å². The molecule has 0 saturated carbocycles. The van der Waals surface area contributed by atoms with Crippen molar-refractivity contribution in [1.29, 1.82) is 0 Å². The minimum atomic E-state index is 0.652. The molecule has 4 nitrogen and oxygen atoms in total. The van der Waals surface area contributed by atoms with Gasteiger partial charge in [0.2, 0.25) is 0 Å². The molecule has 0 aliphatic carbocycles. The van der Waals surface area contributed by atoms with Crippen molar-refractivity contribution in [3.05, 3.63) is 54.2 Å². The molecule has 0 amide bonds. The van der Waals surface area contributed by atoms with Gasteiger partial charge in [-0.05, 0) is 49.2 Å². The quantitative estimate of drug-likeness (QED) is 0.388. The van der Waals surface area contributed by atoms with E-state index < -0.39 is 0 Å². The molecule has 0 bridgehead atoms. The molecule has 0 aliphatic rings. The molecular weight excluding hydrogens is 270 g/mol. The Bertz CT molecular complexity index is 750. The van der Waals surface area contributed by atoms with Crippen LogP contribution < -0.4 is 10.5 Å². The number of nitrogens with two attached hydrogens (primary N) is 1. The van der Waals surface area contributed by atoms with Crippen molar-refractivity contribution < 1.29 is 5.21 Å². The van der Waals surface area contributed by atoms with Gasteiger partial charge in [0.15, 0.2) is 0 Å². The molecule has 0 atom stereocenters. The molecule has 1 heterocycles. The van der Waals surface area contributed by atoms with Gasteiger partial charge < -0.3 is 15.7 Å². The molecular formula is C15H15N3OS. The summed E-state index contributed by atoms with van der Waals surface area (Å²) in [5, 5.41) is 10.7. The Kier molecular flexibility index (Phi) is 3.20. The van der Waals surface area contributed by atoms with Crippen molar-refractivity contribution in [2.75, 3.05) is 10.5 Å². The number of hydrogen-bond donors (Lipinski definition) is 3. The largest absolute Gasteiger partial charge is 0.428 e. The number of nitrogens with one attached hydrogen (secondary N) is 1. The zero-order valence-electron chi connectivity index (χ0n) is 11.0. The fraction of sp³-hybridized carbons (Fsp3) is 0.0667. The van der Waals surface area contributed by atoms with E-state index in [0.29, 0.717) is 11.2 Å². The van der Waals surface area contributed by atoms with Crippen molar-refractivity contribution in [2.45, 2.75) is 11.8 Å². The number of nitrogens with zero attached hydrogens (tertiary/aromatic N) is 1. The van der Waals surface area contributed by atoms with Crippen LogP contribution in [0.3, 0.4) is 0 Å². The molecule has 4 N–H and O–H groups in total. The van der Waals surface area contributed by atoms with Crippen molar-refractivity contribution in [3.8, 4) is 0 Å². The summed E-state index contributed by atoms with van der Waals surface area (Å²) in [5.74, 6) is 0. The van der Waals surface area contributed by atoms with Crippen LogP contribution in [-0.4, -0.2) is 9.94 Å². The van der Waals surface area contributed by atoms with Crippen LogP contribution in [0, 0.1) is 6.92 Å². The standard InChI is InChI=1S/C15H15N3OS/c1-10-2-4-11(5-3-10)20-17-14-7-6-13(16)12-8-9-18(19)15(12)14/h2-9,17,19H,16H2,1H3. The second-order valence-corrected chi connectivity index (χ2v) is 5.52. The Balaban J connectivity index is 1.89. The van der Waals surface area contributed by atoms with Crippen molar-refractivity contribution >= 4 is 34.2 Å². The van der Waals surface area contributed by atoms with Gasteiger partial charge in [-0.3, -0.25) is 0 Å². The maximum Gasteiger partial charge on any atom is 0.113 e. The summed E-state index contributed by atoms with van der Waals surface area (Å²) in [6.45, 7) is 2.06. The maximum atomic E-state index is 9.86. The molecule has 3 rings (SSSR count). The highest BCUT2D eigenvalue weighted by molar-refractivity contribution is 8.00. The minimum Gasteiger partial charge on any atom is -0.428 e. The lowest BCUT2D eigenvalue weighted by Gasteiger charge is -2.09. The molecule has 2 aromatic carbocycles. The van der Waals surface area contributed by atoms with Crippen molar-refractivity contribution in [1.82, 2.24) is 4.73 Å². The summed E-state index contributed by atoms with van der Waals surface area (Å²) < 4.78 is 4.34. The number of aromatic nitrogens is 1. The number of hydrogen-bond acceptors (Lipinski definition) is 4. The predicted octanol–water partition coefficient (Wildman–Crippen LogP) is 3.89. The van der Waals surface area contributed by atoms with Crippen LogP contribution in [0.25, 0.3) is 10.9 Å². The lowest BCUT2D eigenvalue weighted by atomic mass is 10.2. The number of aryl methyl sites for hydroxylation is 1. The first kappa shape index (κ1) is 12.7.